The van der Waals surface area contributed by atoms with Gasteiger partial charge in [0.2, 0.25) is 0 Å². The summed E-state index contributed by atoms with van der Waals surface area (Å²) >= 11 is 0. The third-order valence-electron chi connectivity index (χ3n) is 4.60. The summed E-state index contributed by atoms with van der Waals surface area (Å²) in [6.07, 6.45) is 4.82. The van der Waals surface area contributed by atoms with Gasteiger partial charge < -0.3 is 15.1 Å². The number of likely N-dealkylation sites (N-methyl/N-ethyl adjacent to an activating group) is 1. The van der Waals surface area contributed by atoms with Crippen molar-refractivity contribution < 1.29 is 4.79 Å². The number of anilines is 1. The Morgan fingerprint density at radius 2 is 2.10 bits per heavy atom. The smallest absolute Gasteiger partial charge is 0.255 e. The molecule has 1 aromatic carbocycles. The fraction of sp³-hybridized carbons (Fsp3) is 0.588. The van der Waals surface area contributed by atoms with E-state index < -0.39 is 0 Å². The van der Waals surface area contributed by atoms with Gasteiger partial charge in [-0.15, -0.1) is 0 Å². The maximum Gasteiger partial charge on any atom is 0.255 e. The molecule has 2 aliphatic rings. The lowest BCUT2D eigenvalue weighted by atomic mass is 9.99. The minimum Gasteiger partial charge on any atom is -0.384 e. The van der Waals surface area contributed by atoms with Crippen molar-refractivity contribution in [1.82, 2.24) is 9.80 Å². The molecule has 0 unspecified atom stereocenters. The number of rotatable bonds is 4. The van der Waals surface area contributed by atoms with Crippen LogP contribution in [0.5, 0.6) is 0 Å². The Bertz CT molecular complexity index is 509. The summed E-state index contributed by atoms with van der Waals surface area (Å²) in [7, 11) is 1.92. The lowest BCUT2D eigenvalue weighted by molar-refractivity contribution is 0.0783. The zero-order valence-electron chi connectivity index (χ0n) is 12.9. The molecule has 0 aliphatic carbocycles. The molecule has 4 heteroatoms. The SMILES string of the molecule is CN(CCN1CCCC1)C(=O)c1cccc2c1NCCC2. The molecule has 1 fully saturated rings. The lowest BCUT2D eigenvalue weighted by Gasteiger charge is -2.25. The van der Waals surface area contributed by atoms with Gasteiger partial charge in [-0.05, 0) is 50.4 Å². The van der Waals surface area contributed by atoms with Gasteiger partial charge in [0.15, 0.2) is 0 Å². The third-order valence-corrected chi connectivity index (χ3v) is 4.60. The lowest BCUT2D eigenvalue weighted by Crippen LogP contribution is -2.35. The van der Waals surface area contributed by atoms with Crippen LogP contribution in [0, 0.1) is 0 Å². The molecule has 2 aliphatic heterocycles. The van der Waals surface area contributed by atoms with E-state index in [2.05, 4.69) is 16.3 Å². The number of carbonyl (C=O) groups excluding carboxylic acids is 1. The highest BCUT2D eigenvalue weighted by atomic mass is 16.2. The minimum absolute atomic E-state index is 0.139. The van der Waals surface area contributed by atoms with Crippen LogP contribution in [0.2, 0.25) is 0 Å². The highest BCUT2D eigenvalue weighted by molar-refractivity contribution is 6.00. The first-order valence-electron chi connectivity index (χ1n) is 8.09. The van der Waals surface area contributed by atoms with Gasteiger partial charge in [0.1, 0.15) is 0 Å². The molecule has 1 amide bonds. The van der Waals surface area contributed by atoms with E-state index in [-0.39, 0.29) is 5.91 Å². The van der Waals surface area contributed by atoms with Gasteiger partial charge in [0, 0.05) is 26.7 Å². The van der Waals surface area contributed by atoms with E-state index in [1.807, 2.05) is 24.1 Å². The first-order chi connectivity index (χ1) is 10.3. The van der Waals surface area contributed by atoms with Crippen molar-refractivity contribution in [2.45, 2.75) is 25.7 Å². The van der Waals surface area contributed by atoms with Crippen molar-refractivity contribution >= 4 is 11.6 Å². The average molecular weight is 287 g/mol. The van der Waals surface area contributed by atoms with Crippen LogP contribution in [-0.4, -0.2) is 55.5 Å². The molecule has 0 atom stereocenters. The predicted octanol–water partition coefficient (Wildman–Crippen LogP) is 2.21. The first kappa shape index (κ1) is 14.4. The van der Waals surface area contributed by atoms with Crippen LogP contribution in [0.15, 0.2) is 18.2 Å². The zero-order chi connectivity index (χ0) is 14.7. The minimum atomic E-state index is 0.139. The highest BCUT2D eigenvalue weighted by Crippen LogP contribution is 2.26. The number of carbonyl (C=O) groups is 1. The highest BCUT2D eigenvalue weighted by Gasteiger charge is 2.20. The van der Waals surface area contributed by atoms with E-state index in [0.29, 0.717) is 0 Å². The Kier molecular flexibility index (Phi) is 4.44. The Labute approximate surface area is 127 Å². The topological polar surface area (TPSA) is 35.6 Å². The molecule has 1 aromatic rings. The standard InChI is InChI=1S/C17H25N3O/c1-19(12-13-20-10-2-3-11-20)17(21)15-8-4-6-14-7-5-9-18-16(14)15/h4,6,8,18H,2-3,5,7,9-13H2,1H3. The van der Waals surface area contributed by atoms with Crippen molar-refractivity contribution in [3.05, 3.63) is 29.3 Å². The third kappa shape index (κ3) is 3.21. The molecule has 0 radical (unpaired) electrons. The second-order valence-corrected chi connectivity index (χ2v) is 6.15. The van der Waals surface area contributed by atoms with Crippen molar-refractivity contribution in [1.29, 1.82) is 0 Å². The summed E-state index contributed by atoms with van der Waals surface area (Å²) in [5.41, 5.74) is 3.16. The van der Waals surface area contributed by atoms with Crippen LogP contribution in [0.4, 0.5) is 5.69 Å². The summed E-state index contributed by atoms with van der Waals surface area (Å²) < 4.78 is 0. The molecule has 3 rings (SSSR count). The Hall–Kier alpha value is -1.55. The van der Waals surface area contributed by atoms with Gasteiger partial charge >= 0.3 is 0 Å². The van der Waals surface area contributed by atoms with E-state index in [1.54, 1.807) is 0 Å². The number of likely N-dealkylation sites (tertiary alicyclic amines) is 1. The number of amides is 1. The largest absolute Gasteiger partial charge is 0.384 e. The monoisotopic (exact) mass is 287 g/mol. The van der Waals surface area contributed by atoms with E-state index in [9.17, 15) is 4.79 Å². The Morgan fingerprint density at radius 3 is 2.90 bits per heavy atom. The second kappa shape index (κ2) is 6.48. The molecule has 21 heavy (non-hydrogen) atoms. The van der Waals surface area contributed by atoms with Crippen molar-refractivity contribution in [2.75, 3.05) is 45.1 Å². The van der Waals surface area contributed by atoms with Crippen LogP contribution in [0.3, 0.4) is 0 Å². The molecule has 4 nitrogen and oxygen atoms in total. The summed E-state index contributed by atoms with van der Waals surface area (Å²) in [5.74, 6) is 0.139. The van der Waals surface area contributed by atoms with Gasteiger partial charge in [-0.1, -0.05) is 12.1 Å². The number of nitrogens with zero attached hydrogens (tertiary/aromatic N) is 2. The summed E-state index contributed by atoms with van der Waals surface area (Å²) in [6, 6.07) is 6.09. The summed E-state index contributed by atoms with van der Waals surface area (Å²) in [6.45, 7) is 5.14. The Morgan fingerprint density at radius 1 is 1.29 bits per heavy atom. The predicted molar refractivity (Wildman–Crippen MR) is 85.9 cm³/mol. The number of hydrogen-bond acceptors (Lipinski definition) is 3. The second-order valence-electron chi connectivity index (χ2n) is 6.15. The van der Waals surface area contributed by atoms with Crippen LogP contribution in [-0.2, 0) is 6.42 Å². The van der Waals surface area contributed by atoms with E-state index in [0.717, 1.165) is 43.7 Å². The fourth-order valence-corrected chi connectivity index (χ4v) is 3.29. The number of hydrogen-bond donors (Lipinski definition) is 1. The molecule has 114 valence electrons. The first-order valence-corrected chi connectivity index (χ1v) is 8.09. The number of fused-ring (bicyclic) bond motifs is 1. The number of aryl methyl sites for hydroxylation is 1. The van der Waals surface area contributed by atoms with Gasteiger partial charge in [-0.2, -0.15) is 0 Å². The van der Waals surface area contributed by atoms with Crippen LogP contribution < -0.4 is 5.32 Å². The van der Waals surface area contributed by atoms with Crippen LogP contribution >= 0.6 is 0 Å². The quantitative estimate of drug-likeness (QED) is 0.922. The molecule has 0 bridgehead atoms. The van der Waals surface area contributed by atoms with Gasteiger partial charge in [0.25, 0.3) is 5.91 Å². The van der Waals surface area contributed by atoms with Crippen molar-refractivity contribution in [3.63, 3.8) is 0 Å². The van der Waals surface area contributed by atoms with Crippen LogP contribution in [0.1, 0.15) is 35.2 Å². The van der Waals surface area contributed by atoms with Crippen molar-refractivity contribution in [2.24, 2.45) is 0 Å². The Balaban J connectivity index is 1.66. The fourth-order valence-electron chi connectivity index (χ4n) is 3.29. The normalized spacial score (nSPS) is 18.1. The molecule has 2 heterocycles. The molecular weight excluding hydrogens is 262 g/mol. The van der Waals surface area contributed by atoms with E-state index >= 15 is 0 Å². The van der Waals surface area contributed by atoms with E-state index in [4.69, 9.17) is 0 Å². The summed E-state index contributed by atoms with van der Waals surface area (Å²) in [4.78, 5) is 17.0. The van der Waals surface area contributed by atoms with Crippen molar-refractivity contribution in [3.8, 4) is 0 Å². The number of benzene rings is 1. The van der Waals surface area contributed by atoms with Crippen LogP contribution in [0.25, 0.3) is 0 Å². The van der Waals surface area contributed by atoms with Gasteiger partial charge in [-0.3, -0.25) is 4.79 Å². The van der Waals surface area contributed by atoms with Gasteiger partial charge in [-0.25, -0.2) is 0 Å². The molecule has 1 saturated heterocycles. The average Bonchev–Trinajstić information content (AvgIpc) is 3.05. The summed E-state index contributed by atoms with van der Waals surface area (Å²) in [5, 5.41) is 3.41. The maximum absolute atomic E-state index is 12.7. The van der Waals surface area contributed by atoms with Gasteiger partial charge in [0.05, 0.1) is 11.3 Å². The molecular formula is C17H25N3O. The zero-order valence-corrected chi connectivity index (χ0v) is 12.9. The molecule has 0 saturated carbocycles. The molecule has 0 aromatic heterocycles. The number of para-hydroxylation sites is 1. The number of nitrogens with one attached hydrogen (secondary N) is 1. The van der Waals surface area contributed by atoms with E-state index in [1.165, 1.54) is 31.5 Å². The molecule has 1 N–H and O–H groups in total. The molecule has 0 spiro atoms. The maximum atomic E-state index is 12.7.